The standard InChI is InChI=1S/C12H28N2O2S/c1-5-13-9-6-10-17(15,16)14-12(4)8-7-11(2)3/h11-14H,5-10H2,1-4H3. The van der Waals surface area contributed by atoms with Gasteiger partial charge in [0.15, 0.2) is 0 Å². The van der Waals surface area contributed by atoms with Gasteiger partial charge in [0.05, 0.1) is 5.75 Å². The lowest BCUT2D eigenvalue weighted by atomic mass is 10.1. The van der Waals surface area contributed by atoms with E-state index in [1.54, 1.807) is 0 Å². The maximum atomic E-state index is 11.7. The molecule has 17 heavy (non-hydrogen) atoms. The van der Waals surface area contributed by atoms with Crippen LogP contribution in [0.5, 0.6) is 0 Å². The molecule has 0 radical (unpaired) electrons. The fourth-order valence-corrected chi connectivity index (χ4v) is 2.94. The van der Waals surface area contributed by atoms with Crippen LogP contribution < -0.4 is 10.0 Å². The van der Waals surface area contributed by atoms with Crippen LogP contribution in [0.2, 0.25) is 0 Å². The summed E-state index contributed by atoms with van der Waals surface area (Å²) < 4.78 is 26.2. The van der Waals surface area contributed by atoms with Gasteiger partial charge in [0, 0.05) is 6.04 Å². The van der Waals surface area contributed by atoms with E-state index >= 15 is 0 Å². The maximum absolute atomic E-state index is 11.7. The second-order valence-electron chi connectivity index (χ2n) is 5.02. The summed E-state index contributed by atoms with van der Waals surface area (Å²) in [5.74, 6) is 0.835. The van der Waals surface area contributed by atoms with Crippen LogP contribution in [0.4, 0.5) is 0 Å². The summed E-state index contributed by atoms with van der Waals surface area (Å²) in [4.78, 5) is 0. The van der Waals surface area contributed by atoms with E-state index in [0.29, 0.717) is 12.3 Å². The van der Waals surface area contributed by atoms with Crippen LogP contribution in [0.15, 0.2) is 0 Å². The molecule has 0 rings (SSSR count). The highest BCUT2D eigenvalue weighted by molar-refractivity contribution is 7.89. The molecule has 0 heterocycles. The second kappa shape index (κ2) is 8.89. The average molecular weight is 264 g/mol. The predicted octanol–water partition coefficient (Wildman–Crippen LogP) is 1.73. The quantitative estimate of drug-likeness (QED) is 0.591. The molecule has 0 aromatic carbocycles. The third-order valence-electron chi connectivity index (χ3n) is 2.57. The average Bonchev–Trinajstić information content (AvgIpc) is 2.21. The van der Waals surface area contributed by atoms with Crippen molar-refractivity contribution in [1.82, 2.24) is 10.0 Å². The van der Waals surface area contributed by atoms with E-state index in [0.717, 1.165) is 25.9 Å². The Morgan fingerprint density at radius 1 is 1.12 bits per heavy atom. The first-order valence-corrected chi connectivity index (χ1v) is 8.23. The largest absolute Gasteiger partial charge is 0.317 e. The third kappa shape index (κ3) is 10.7. The number of rotatable bonds is 10. The zero-order valence-electron chi connectivity index (χ0n) is 11.6. The third-order valence-corrected chi connectivity index (χ3v) is 4.16. The Kier molecular flexibility index (Phi) is 8.82. The Bertz CT molecular complexity index is 276. The van der Waals surface area contributed by atoms with Crippen molar-refractivity contribution in [2.45, 2.75) is 53.0 Å². The zero-order chi connectivity index (χ0) is 13.3. The lowest BCUT2D eigenvalue weighted by molar-refractivity contribution is 0.484. The van der Waals surface area contributed by atoms with Crippen molar-refractivity contribution in [2.75, 3.05) is 18.8 Å². The van der Waals surface area contributed by atoms with Crippen molar-refractivity contribution >= 4 is 10.0 Å². The smallest absolute Gasteiger partial charge is 0.211 e. The Labute approximate surface area is 107 Å². The molecule has 0 saturated carbocycles. The van der Waals surface area contributed by atoms with Crippen molar-refractivity contribution in [3.05, 3.63) is 0 Å². The van der Waals surface area contributed by atoms with Crippen LogP contribution in [0.1, 0.15) is 47.0 Å². The first-order valence-electron chi connectivity index (χ1n) is 6.58. The monoisotopic (exact) mass is 264 g/mol. The highest BCUT2D eigenvalue weighted by atomic mass is 32.2. The highest BCUT2D eigenvalue weighted by Gasteiger charge is 2.14. The Hall–Kier alpha value is -0.130. The SMILES string of the molecule is CCNCCCS(=O)(=O)NC(C)CCC(C)C. The first kappa shape index (κ1) is 16.9. The molecule has 4 nitrogen and oxygen atoms in total. The second-order valence-corrected chi connectivity index (χ2v) is 6.89. The lowest BCUT2D eigenvalue weighted by Crippen LogP contribution is -2.35. The van der Waals surface area contributed by atoms with E-state index in [2.05, 4.69) is 23.9 Å². The molecular formula is C12H28N2O2S. The van der Waals surface area contributed by atoms with Crippen molar-refractivity contribution < 1.29 is 8.42 Å². The minimum Gasteiger partial charge on any atom is -0.317 e. The van der Waals surface area contributed by atoms with Crippen LogP contribution in [0.25, 0.3) is 0 Å². The number of hydrogen-bond donors (Lipinski definition) is 2. The van der Waals surface area contributed by atoms with E-state index in [-0.39, 0.29) is 11.8 Å². The zero-order valence-corrected chi connectivity index (χ0v) is 12.4. The van der Waals surface area contributed by atoms with Crippen molar-refractivity contribution in [3.63, 3.8) is 0 Å². The molecular weight excluding hydrogens is 236 g/mol. The summed E-state index contributed by atoms with van der Waals surface area (Å²) in [6.45, 7) is 9.90. The molecule has 0 aromatic heterocycles. The predicted molar refractivity (Wildman–Crippen MR) is 73.6 cm³/mol. The lowest BCUT2D eigenvalue weighted by Gasteiger charge is -2.15. The molecule has 0 fully saturated rings. The molecule has 0 aliphatic rings. The summed E-state index contributed by atoms with van der Waals surface area (Å²) in [7, 11) is -3.10. The topological polar surface area (TPSA) is 58.2 Å². The number of nitrogens with one attached hydrogen (secondary N) is 2. The van der Waals surface area contributed by atoms with Gasteiger partial charge in [0.25, 0.3) is 0 Å². The van der Waals surface area contributed by atoms with Crippen LogP contribution in [0.3, 0.4) is 0 Å². The van der Waals surface area contributed by atoms with Crippen molar-refractivity contribution in [3.8, 4) is 0 Å². The van der Waals surface area contributed by atoms with E-state index in [4.69, 9.17) is 0 Å². The Morgan fingerprint density at radius 3 is 2.29 bits per heavy atom. The fraction of sp³-hybridized carbons (Fsp3) is 1.00. The molecule has 1 unspecified atom stereocenters. The fourth-order valence-electron chi connectivity index (χ4n) is 1.57. The molecule has 0 amide bonds. The molecule has 5 heteroatoms. The van der Waals surface area contributed by atoms with Gasteiger partial charge in [-0.25, -0.2) is 13.1 Å². The molecule has 0 aliphatic heterocycles. The molecule has 0 aliphatic carbocycles. The van der Waals surface area contributed by atoms with Crippen LogP contribution >= 0.6 is 0 Å². The summed E-state index contributed by atoms with van der Waals surface area (Å²) in [5.41, 5.74) is 0. The normalized spacial score (nSPS) is 14.2. The van der Waals surface area contributed by atoms with E-state index in [1.165, 1.54) is 0 Å². The maximum Gasteiger partial charge on any atom is 0.211 e. The minimum absolute atomic E-state index is 0.0431. The van der Waals surface area contributed by atoms with Gasteiger partial charge >= 0.3 is 0 Å². The van der Waals surface area contributed by atoms with Gasteiger partial charge in [-0.1, -0.05) is 20.8 Å². The molecule has 0 saturated heterocycles. The van der Waals surface area contributed by atoms with Gasteiger partial charge in [-0.05, 0) is 45.2 Å². The summed E-state index contributed by atoms with van der Waals surface area (Å²) in [6, 6.07) is 0.0431. The van der Waals surface area contributed by atoms with Crippen LogP contribution in [-0.4, -0.2) is 33.3 Å². The van der Waals surface area contributed by atoms with Crippen LogP contribution in [-0.2, 0) is 10.0 Å². The van der Waals surface area contributed by atoms with Gasteiger partial charge in [-0.15, -0.1) is 0 Å². The Morgan fingerprint density at radius 2 is 1.76 bits per heavy atom. The molecule has 1 atom stereocenters. The summed E-state index contributed by atoms with van der Waals surface area (Å²) in [6.07, 6.45) is 2.63. The van der Waals surface area contributed by atoms with Crippen molar-refractivity contribution in [1.29, 1.82) is 0 Å². The first-order chi connectivity index (χ1) is 7.87. The van der Waals surface area contributed by atoms with Gasteiger partial charge in [0.2, 0.25) is 10.0 Å². The highest BCUT2D eigenvalue weighted by Crippen LogP contribution is 2.07. The summed E-state index contributed by atoms with van der Waals surface area (Å²) in [5, 5.41) is 3.12. The number of hydrogen-bond acceptors (Lipinski definition) is 3. The molecule has 0 aromatic rings. The van der Waals surface area contributed by atoms with Gasteiger partial charge in [-0.2, -0.15) is 0 Å². The van der Waals surface area contributed by atoms with E-state index in [9.17, 15) is 8.42 Å². The molecule has 0 bridgehead atoms. The van der Waals surface area contributed by atoms with Crippen molar-refractivity contribution in [2.24, 2.45) is 5.92 Å². The molecule has 2 N–H and O–H groups in total. The van der Waals surface area contributed by atoms with Gasteiger partial charge in [-0.3, -0.25) is 0 Å². The van der Waals surface area contributed by atoms with E-state index < -0.39 is 10.0 Å². The molecule has 0 spiro atoms. The Balaban J connectivity index is 3.82. The van der Waals surface area contributed by atoms with Gasteiger partial charge < -0.3 is 5.32 Å². The van der Waals surface area contributed by atoms with Crippen LogP contribution in [0, 0.1) is 5.92 Å². The van der Waals surface area contributed by atoms with Gasteiger partial charge in [0.1, 0.15) is 0 Å². The minimum atomic E-state index is -3.10. The number of sulfonamides is 1. The molecule has 104 valence electrons. The summed E-state index contributed by atoms with van der Waals surface area (Å²) >= 11 is 0. The van der Waals surface area contributed by atoms with E-state index in [1.807, 2.05) is 13.8 Å².